The number of rotatable bonds is 6. The summed E-state index contributed by atoms with van der Waals surface area (Å²) in [4.78, 5) is 13.2. The van der Waals surface area contributed by atoms with Crippen LogP contribution in [0.2, 0.25) is 0 Å². The van der Waals surface area contributed by atoms with Gasteiger partial charge < -0.3 is 0 Å². The lowest BCUT2D eigenvalue weighted by atomic mass is 9.92. The van der Waals surface area contributed by atoms with Gasteiger partial charge in [0.1, 0.15) is 0 Å². The van der Waals surface area contributed by atoms with Crippen LogP contribution in [0.1, 0.15) is 31.7 Å². The minimum atomic E-state index is -0.0159. The third-order valence-electron chi connectivity index (χ3n) is 4.28. The van der Waals surface area contributed by atoms with E-state index in [1.807, 2.05) is 53.9 Å². The molecule has 0 spiro atoms. The van der Waals surface area contributed by atoms with Crippen LogP contribution >= 0.6 is 22.7 Å². The first kappa shape index (κ1) is 17.6. The summed E-state index contributed by atoms with van der Waals surface area (Å²) in [6, 6.07) is 24.2. The van der Waals surface area contributed by atoms with E-state index < -0.39 is 0 Å². The molecule has 134 valence electrons. The predicted octanol–water partition coefficient (Wildman–Crippen LogP) is 4.14. The van der Waals surface area contributed by atoms with Crippen molar-refractivity contribution >= 4 is 33.6 Å². The lowest BCUT2D eigenvalue weighted by Crippen LogP contribution is -2.42. The lowest BCUT2D eigenvalue weighted by Gasteiger charge is -2.14. The van der Waals surface area contributed by atoms with Crippen molar-refractivity contribution in [3.05, 3.63) is 99.2 Å². The molecule has 0 aliphatic carbocycles. The molecular weight excluding hydrogens is 374 g/mol. The van der Waals surface area contributed by atoms with Gasteiger partial charge in [0.25, 0.3) is 0 Å². The van der Waals surface area contributed by atoms with Crippen LogP contribution < -0.4 is 10.4 Å². The van der Waals surface area contributed by atoms with Gasteiger partial charge in [-0.3, -0.25) is 10.5 Å². The summed E-state index contributed by atoms with van der Waals surface area (Å²) in [5.41, 5.74) is 8.50. The first-order chi connectivity index (χ1) is 13.2. The molecular formula is C21H18N3OS2+. The third-order valence-corrected chi connectivity index (χ3v) is 6.14. The molecule has 0 aliphatic heterocycles. The van der Waals surface area contributed by atoms with Gasteiger partial charge in [-0.25, -0.2) is 0 Å². The van der Waals surface area contributed by atoms with Crippen LogP contribution in [0.4, 0.5) is 5.13 Å². The Balaban J connectivity index is 1.70. The summed E-state index contributed by atoms with van der Waals surface area (Å²) in [5, 5.41) is 8.02. The number of nitrogens with zero attached hydrogens (tertiary/aromatic N) is 2. The highest BCUT2D eigenvalue weighted by molar-refractivity contribution is 7.14. The quantitative estimate of drug-likeness (QED) is 0.396. The van der Waals surface area contributed by atoms with Crippen LogP contribution in [0.25, 0.3) is 0 Å². The van der Waals surface area contributed by atoms with Crippen molar-refractivity contribution < 1.29 is 9.48 Å². The second-order valence-electron chi connectivity index (χ2n) is 6.09. The fourth-order valence-electron chi connectivity index (χ4n) is 3.00. The van der Waals surface area contributed by atoms with Gasteiger partial charge in [-0.1, -0.05) is 71.8 Å². The predicted molar refractivity (Wildman–Crippen MR) is 109 cm³/mol. The summed E-state index contributed by atoms with van der Waals surface area (Å²) in [7, 11) is 0. The number of carbonyl (C=O) groups excluding carboxylic acids is 1. The monoisotopic (exact) mass is 392 g/mol. The highest BCUT2D eigenvalue weighted by atomic mass is 32.1. The van der Waals surface area contributed by atoms with Gasteiger partial charge in [0.05, 0.1) is 10.8 Å². The molecule has 0 radical (unpaired) electrons. The molecule has 27 heavy (non-hydrogen) atoms. The van der Waals surface area contributed by atoms with E-state index in [0.29, 0.717) is 5.13 Å². The highest BCUT2D eigenvalue weighted by Crippen LogP contribution is 2.33. The van der Waals surface area contributed by atoms with Gasteiger partial charge in [0.2, 0.25) is 5.78 Å². The van der Waals surface area contributed by atoms with E-state index in [-0.39, 0.29) is 18.2 Å². The lowest BCUT2D eigenvalue weighted by molar-refractivity contribution is -0.723. The van der Waals surface area contributed by atoms with E-state index >= 15 is 0 Å². The summed E-state index contributed by atoms with van der Waals surface area (Å²) in [6.45, 7) is 0.152. The molecule has 6 heteroatoms. The molecule has 0 bridgehead atoms. The second-order valence-corrected chi connectivity index (χ2v) is 8.08. The average molecular weight is 393 g/mol. The molecule has 0 atom stereocenters. The van der Waals surface area contributed by atoms with Gasteiger partial charge in [-0.15, -0.1) is 16.0 Å². The number of carbonyl (C=O) groups is 1. The largest absolute Gasteiger partial charge is 0.354 e. The van der Waals surface area contributed by atoms with Crippen LogP contribution in [0.15, 0.2) is 78.2 Å². The second kappa shape index (κ2) is 7.82. The molecule has 2 aromatic carbocycles. The van der Waals surface area contributed by atoms with Crippen molar-refractivity contribution in [2.24, 2.45) is 0 Å². The van der Waals surface area contributed by atoms with Crippen molar-refractivity contribution in [2.45, 2.75) is 12.5 Å². The van der Waals surface area contributed by atoms with Crippen molar-refractivity contribution in [2.75, 3.05) is 5.73 Å². The van der Waals surface area contributed by atoms with Gasteiger partial charge in [0.15, 0.2) is 11.6 Å². The van der Waals surface area contributed by atoms with E-state index in [9.17, 15) is 4.79 Å². The number of aromatic nitrogens is 2. The number of nitrogen functional groups attached to an aromatic ring is 1. The topological polar surface area (TPSA) is 59.9 Å². The third kappa shape index (κ3) is 3.82. The number of thiophene rings is 1. The van der Waals surface area contributed by atoms with Gasteiger partial charge in [-0.05, 0) is 33.9 Å². The number of anilines is 1. The normalized spacial score (nSPS) is 11.0. The molecule has 2 N–H and O–H groups in total. The van der Waals surface area contributed by atoms with E-state index in [2.05, 4.69) is 24.3 Å². The first-order valence-corrected chi connectivity index (χ1v) is 10.2. The number of nitrogens with two attached hydrogens (primary N) is 1. The maximum atomic E-state index is 12.4. The Morgan fingerprint density at radius 1 is 0.963 bits per heavy atom. The fraction of sp³-hybridized carbons (Fsp3) is 0.0952. The van der Waals surface area contributed by atoms with E-state index in [4.69, 9.17) is 10.8 Å². The number of ketones is 1. The van der Waals surface area contributed by atoms with Crippen LogP contribution in [-0.4, -0.2) is 10.9 Å². The smallest absolute Gasteiger partial charge is 0.289 e. The van der Waals surface area contributed by atoms with E-state index in [0.717, 1.165) is 21.0 Å². The fourth-order valence-corrected chi connectivity index (χ4v) is 4.61. The van der Waals surface area contributed by atoms with Crippen LogP contribution in [0, 0.1) is 0 Å². The standard InChI is InChI=1S/C21H17N3OS2/c22-21-24(14-17(25)18-12-7-13-26-18)23-20(27-21)19(15-8-3-1-4-9-15)16-10-5-2-6-11-16/h1-13,19,22H,14H2/p+1. The van der Waals surface area contributed by atoms with Gasteiger partial charge in [0, 0.05) is 0 Å². The zero-order valence-electron chi connectivity index (χ0n) is 14.5. The number of benzene rings is 2. The number of Topliss-reactive ketones (excluding diaryl/α,β-unsaturated/α-hetero) is 1. The maximum Gasteiger partial charge on any atom is 0.354 e. The Morgan fingerprint density at radius 3 is 2.15 bits per heavy atom. The van der Waals surface area contributed by atoms with Crippen molar-refractivity contribution in [1.29, 1.82) is 0 Å². The Morgan fingerprint density at radius 2 is 1.59 bits per heavy atom. The van der Waals surface area contributed by atoms with Crippen molar-refractivity contribution in [3.8, 4) is 0 Å². The molecule has 2 aromatic heterocycles. The maximum absolute atomic E-state index is 12.4. The zero-order valence-corrected chi connectivity index (χ0v) is 16.1. The first-order valence-electron chi connectivity index (χ1n) is 8.55. The minimum absolute atomic E-state index is 0.0159. The number of hydrogen-bond acceptors (Lipinski definition) is 5. The number of hydrogen-bond donors (Lipinski definition) is 1. The average Bonchev–Trinajstić information content (AvgIpc) is 3.35. The molecule has 4 aromatic rings. The summed E-state index contributed by atoms with van der Waals surface area (Å²) in [6.07, 6.45) is 0. The molecule has 0 fully saturated rings. The van der Waals surface area contributed by atoms with Crippen LogP contribution in [0.5, 0.6) is 0 Å². The summed E-state index contributed by atoms with van der Waals surface area (Å²) < 4.78 is 1.61. The molecule has 0 aliphatic rings. The highest BCUT2D eigenvalue weighted by Gasteiger charge is 2.26. The molecule has 0 saturated carbocycles. The Kier molecular flexibility index (Phi) is 5.09. The zero-order chi connectivity index (χ0) is 18.6. The molecule has 4 nitrogen and oxygen atoms in total. The van der Waals surface area contributed by atoms with Crippen molar-refractivity contribution in [1.82, 2.24) is 5.10 Å². The summed E-state index contributed by atoms with van der Waals surface area (Å²) in [5.74, 6) is 0.00677. The van der Waals surface area contributed by atoms with E-state index in [1.54, 1.807) is 4.68 Å². The Bertz CT molecular complexity index is 989. The minimum Gasteiger partial charge on any atom is -0.289 e. The molecule has 2 heterocycles. The SMILES string of the molecule is Nc1sc(C(c2ccccc2)c2ccccc2)n[n+]1CC(=O)c1cccs1. The molecule has 4 rings (SSSR count). The van der Waals surface area contributed by atoms with Gasteiger partial charge in [-0.2, -0.15) is 0 Å². The Hall–Kier alpha value is -2.83. The van der Waals surface area contributed by atoms with Crippen LogP contribution in [-0.2, 0) is 6.54 Å². The molecule has 0 amide bonds. The van der Waals surface area contributed by atoms with Crippen molar-refractivity contribution in [3.63, 3.8) is 0 Å². The van der Waals surface area contributed by atoms with E-state index in [1.165, 1.54) is 22.7 Å². The van der Waals surface area contributed by atoms with Gasteiger partial charge >= 0.3 is 5.13 Å². The molecule has 0 saturated heterocycles. The summed E-state index contributed by atoms with van der Waals surface area (Å²) >= 11 is 2.87. The Labute approximate surface area is 165 Å². The molecule has 0 unspecified atom stereocenters. The van der Waals surface area contributed by atoms with Crippen LogP contribution in [0.3, 0.4) is 0 Å².